The fraction of sp³-hybridized carbons (Fsp3) is 0.250. The second-order valence-corrected chi connectivity index (χ2v) is 3.98. The summed E-state index contributed by atoms with van der Waals surface area (Å²) >= 11 is 0. The first-order valence-corrected chi connectivity index (χ1v) is 5.44. The van der Waals surface area contributed by atoms with Gasteiger partial charge in [-0.05, 0) is 11.6 Å². The molecule has 17 heavy (non-hydrogen) atoms. The average Bonchev–Trinajstić information content (AvgIpc) is 2.91. The van der Waals surface area contributed by atoms with Gasteiger partial charge in [0.05, 0.1) is 19.3 Å². The van der Waals surface area contributed by atoms with Crippen LogP contribution in [0.2, 0.25) is 0 Å². The van der Waals surface area contributed by atoms with Crippen LogP contribution in [0.5, 0.6) is 0 Å². The summed E-state index contributed by atoms with van der Waals surface area (Å²) in [7, 11) is 0. The fourth-order valence-corrected chi connectivity index (χ4v) is 1.89. The predicted octanol–water partition coefficient (Wildman–Crippen LogP) is 0.748. The molecule has 2 heterocycles. The van der Waals surface area contributed by atoms with Crippen molar-refractivity contribution >= 4 is 5.97 Å². The van der Waals surface area contributed by atoms with Crippen LogP contribution in [0, 0.1) is 0 Å². The Hall–Kier alpha value is -1.85. The Balaban J connectivity index is 1.60. The zero-order valence-corrected chi connectivity index (χ0v) is 9.13. The van der Waals surface area contributed by atoms with Crippen molar-refractivity contribution < 1.29 is 14.4 Å². The SMILES string of the molecule is O=C1ONN2C[C@H](OCc3ccccc3)C=C12. The molecule has 0 radical (unpaired) electrons. The molecular weight excluding hydrogens is 220 g/mol. The smallest absolute Gasteiger partial charge is 0.367 e. The number of hydrazine groups is 1. The number of rotatable bonds is 3. The molecule has 2 aliphatic rings. The minimum absolute atomic E-state index is 0.0782. The van der Waals surface area contributed by atoms with Crippen LogP contribution in [-0.2, 0) is 21.0 Å². The third-order valence-electron chi connectivity index (χ3n) is 2.76. The topological polar surface area (TPSA) is 50.8 Å². The van der Waals surface area contributed by atoms with E-state index in [0.717, 1.165) is 5.56 Å². The number of nitrogens with zero attached hydrogens (tertiary/aromatic N) is 1. The first-order valence-electron chi connectivity index (χ1n) is 5.44. The van der Waals surface area contributed by atoms with E-state index < -0.39 is 0 Å². The molecule has 1 atom stereocenters. The Kier molecular flexibility index (Phi) is 2.55. The van der Waals surface area contributed by atoms with Gasteiger partial charge in [-0.2, -0.15) is 0 Å². The van der Waals surface area contributed by atoms with E-state index in [1.807, 2.05) is 30.3 Å². The van der Waals surface area contributed by atoms with Crippen LogP contribution < -0.4 is 5.59 Å². The van der Waals surface area contributed by atoms with Crippen molar-refractivity contribution in [2.45, 2.75) is 12.7 Å². The van der Waals surface area contributed by atoms with Gasteiger partial charge in [0.2, 0.25) is 0 Å². The molecule has 0 aromatic heterocycles. The standard InChI is InChI=1S/C12H12N2O3/c15-12-11-6-10(7-14(11)13-17-12)16-8-9-4-2-1-3-5-9/h1-6,10,13H,7-8H2/t10-/m1/s1. The van der Waals surface area contributed by atoms with Crippen molar-refractivity contribution in [2.24, 2.45) is 0 Å². The predicted molar refractivity (Wildman–Crippen MR) is 59.0 cm³/mol. The van der Waals surface area contributed by atoms with Crippen LogP contribution in [0.1, 0.15) is 5.56 Å². The van der Waals surface area contributed by atoms with E-state index in [1.165, 1.54) is 0 Å². The highest BCUT2D eigenvalue weighted by molar-refractivity contribution is 5.89. The van der Waals surface area contributed by atoms with E-state index in [4.69, 9.17) is 4.74 Å². The molecule has 0 spiro atoms. The molecule has 5 nitrogen and oxygen atoms in total. The lowest BCUT2D eigenvalue weighted by molar-refractivity contribution is -0.143. The molecule has 1 N–H and O–H groups in total. The van der Waals surface area contributed by atoms with Gasteiger partial charge in [0, 0.05) is 0 Å². The lowest BCUT2D eigenvalue weighted by Gasteiger charge is -2.13. The molecule has 2 aliphatic heterocycles. The van der Waals surface area contributed by atoms with Crippen molar-refractivity contribution in [1.29, 1.82) is 0 Å². The van der Waals surface area contributed by atoms with Gasteiger partial charge in [0.1, 0.15) is 5.70 Å². The summed E-state index contributed by atoms with van der Waals surface area (Å²) in [6.45, 7) is 1.13. The molecule has 1 saturated heterocycles. The molecule has 1 aromatic rings. The minimum atomic E-state index is -0.351. The van der Waals surface area contributed by atoms with Crippen molar-refractivity contribution in [3.05, 3.63) is 47.7 Å². The monoisotopic (exact) mass is 232 g/mol. The Morgan fingerprint density at radius 3 is 3.00 bits per heavy atom. The second kappa shape index (κ2) is 4.20. The van der Waals surface area contributed by atoms with E-state index in [0.29, 0.717) is 18.8 Å². The summed E-state index contributed by atoms with van der Waals surface area (Å²) in [5.74, 6) is -0.351. The molecule has 88 valence electrons. The normalized spacial score (nSPS) is 22.4. The van der Waals surface area contributed by atoms with Crippen LogP contribution >= 0.6 is 0 Å². The molecule has 0 unspecified atom stereocenters. The van der Waals surface area contributed by atoms with Gasteiger partial charge in [-0.1, -0.05) is 35.9 Å². The number of fused-ring (bicyclic) bond motifs is 1. The fourth-order valence-electron chi connectivity index (χ4n) is 1.89. The summed E-state index contributed by atoms with van der Waals surface area (Å²) in [6, 6.07) is 9.94. The Morgan fingerprint density at radius 1 is 1.41 bits per heavy atom. The van der Waals surface area contributed by atoms with Crippen molar-refractivity contribution in [3.63, 3.8) is 0 Å². The molecule has 1 fully saturated rings. The van der Waals surface area contributed by atoms with E-state index >= 15 is 0 Å². The molecule has 5 heteroatoms. The van der Waals surface area contributed by atoms with Crippen molar-refractivity contribution in [3.8, 4) is 0 Å². The minimum Gasteiger partial charge on any atom is -0.367 e. The number of carbonyl (C=O) groups is 1. The summed E-state index contributed by atoms with van der Waals surface area (Å²) in [5, 5.41) is 1.65. The molecule has 0 bridgehead atoms. The molecule has 3 rings (SSSR count). The summed E-state index contributed by atoms with van der Waals surface area (Å²) in [4.78, 5) is 15.9. The van der Waals surface area contributed by atoms with Crippen LogP contribution in [0.15, 0.2) is 42.1 Å². The highest BCUT2D eigenvalue weighted by atomic mass is 16.7. The summed E-state index contributed by atoms with van der Waals surface area (Å²) in [5.41, 5.74) is 4.18. The highest BCUT2D eigenvalue weighted by Crippen LogP contribution is 2.21. The van der Waals surface area contributed by atoms with Crippen LogP contribution in [0.25, 0.3) is 0 Å². The van der Waals surface area contributed by atoms with E-state index in [1.54, 1.807) is 11.1 Å². The van der Waals surface area contributed by atoms with Gasteiger partial charge in [0.25, 0.3) is 0 Å². The highest BCUT2D eigenvalue weighted by Gasteiger charge is 2.35. The Morgan fingerprint density at radius 2 is 2.24 bits per heavy atom. The molecule has 0 saturated carbocycles. The van der Waals surface area contributed by atoms with Crippen LogP contribution in [0.4, 0.5) is 0 Å². The van der Waals surface area contributed by atoms with E-state index in [2.05, 4.69) is 10.4 Å². The van der Waals surface area contributed by atoms with Crippen molar-refractivity contribution in [1.82, 2.24) is 10.6 Å². The van der Waals surface area contributed by atoms with Crippen molar-refractivity contribution in [2.75, 3.05) is 6.54 Å². The van der Waals surface area contributed by atoms with E-state index in [9.17, 15) is 4.79 Å². The largest absolute Gasteiger partial charge is 0.376 e. The number of hydrogen-bond donors (Lipinski definition) is 1. The van der Waals surface area contributed by atoms with Gasteiger partial charge in [0.15, 0.2) is 0 Å². The molecular formula is C12H12N2O3. The maximum Gasteiger partial charge on any atom is 0.376 e. The third-order valence-corrected chi connectivity index (χ3v) is 2.76. The Bertz CT molecular complexity index is 458. The molecule has 0 aliphatic carbocycles. The first kappa shape index (κ1) is 10.3. The van der Waals surface area contributed by atoms with Gasteiger partial charge in [-0.15, -0.1) is 0 Å². The maximum atomic E-state index is 11.2. The lowest BCUT2D eigenvalue weighted by atomic mass is 10.2. The maximum absolute atomic E-state index is 11.2. The second-order valence-electron chi connectivity index (χ2n) is 3.98. The van der Waals surface area contributed by atoms with Crippen LogP contribution in [-0.4, -0.2) is 23.6 Å². The van der Waals surface area contributed by atoms with E-state index in [-0.39, 0.29) is 12.1 Å². The molecule has 0 amide bonds. The lowest BCUT2D eigenvalue weighted by Crippen LogP contribution is -2.31. The number of ether oxygens (including phenoxy) is 1. The zero-order valence-electron chi connectivity index (χ0n) is 9.13. The van der Waals surface area contributed by atoms with Gasteiger partial charge in [-0.3, -0.25) is 5.01 Å². The van der Waals surface area contributed by atoms with Crippen LogP contribution in [0.3, 0.4) is 0 Å². The summed E-state index contributed by atoms with van der Waals surface area (Å²) in [6.07, 6.45) is 1.70. The van der Waals surface area contributed by atoms with Gasteiger partial charge in [-0.25, -0.2) is 4.79 Å². The first-order chi connectivity index (χ1) is 8.33. The zero-order chi connectivity index (χ0) is 11.7. The number of benzene rings is 1. The average molecular weight is 232 g/mol. The third kappa shape index (κ3) is 2.02. The number of hydrogen-bond acceptors (Lipinski definition) is 5. The molecule has 1 aromatic carbocycles. The van der Waals surface area contributed by atoms with Gasteiger partial charge >= 0.3 is 5.97 Å². The van der Waals surface area contributed by atoms with Gasteiger partial charge < -0.3 is 9.57 Å². The quantitative estimate of drug-likeness (QED) is 0.833. The Labute approximate surface area is 98.5 Å². The number of carbonyl (C=O) groups excluding carboxylic acids is 1. The summed E-state index contributed by atoms with van der Waals surface area (Å²) < 4.78 is 5.71. The number of nitrogens with one attached hydrogen (secondary N) is 1.